The second kappa shape index (κ2) is 7.62. The minimum atomic E-state index is -0.0166. The lowest BCUT2D eigenvalue weighted by Crippen LogP contribution is -1.85. The SMILES string of the molecule is C/C=C\C.COc1ccc(C=O)cc1O. The van der Waals surface area contributed by atoms with Crippen molar-refractivity contribution in [2.75, 3.05) is 7.11 Å². The second-order valence-corrected chi connectivity index (χ2v) is 2.72. The van der Waals surface area contributed by atoms with Gasteiger partial charge in [0.25, 0.3) is 0 Å². The standard InChI is InChI=1S/C8H8O3.C4H8/c1-11-8-3-2-6(5-9)4-7(8)10;1-3-4-2/h2-5,10H,1H3;3-4H,1-2H3/b;4-3-. The number of carbonyl (C=O) groups excluding carboxylic acids is 1. The molecule has 1 rings (SSSR count). The molecule has 0 heterocycles. The fourth-order valence-corrected chi connectivity index (χ4v) is 0.780. The Kier molecular flexibility index (Phi) is 6.72. The fourth-order valence-electron chi connectivity index (χ4n) is 0.780. The molecule has 0 unspecified atom stereocenters. The van der Waals surface area contributed by atoms with E-state index in [0.29, 0.717) is 17.6 Å². The molecule has 0 aliphatic carbocycles. The number of benzene rings is 1. The Hall–Kier alpha value is -1.77. The number of allylic oxidation sites excluding steroid dienone is 2. The Bertz CT molecular complexity index is 326. The number of rotatable bonds is 2. The maximum Gasteiger partial charge on any atom is 0.160 e. The Morgan fingerprint density at radius 2 is 1.87 bits per heavy atom. The van der Waals surface area contributed by atoms with Gasteiger partial charge in [0.05, 0.1) is 7.11 Å². The third-order valence-electron chi connectivity index (χ3n) is 1.67. The van der Waals surface area contributed by atoms with Gasteiger partial charge < -0.3 is 9.84 Å². The van der Waals surface area contributed by atoms with Crippen molar-refractivity contribution in [2.45, 2.75) is 13.8 Å². The van der Waals surface area contributed by atoms with Crippen molar-refractivity contribution in [1.29, 1.82) is 0 Å². The number of hydrogen-bond acceptors (Lipinski definition) is 3. The van der Waals surface area contributed by atoms with Gasteiger partial charge in [-0.2, -0.15) is 0 Å². The van der Waals surface area contributed by atoms with Crippen LogP contribution in [0.2, 0.25) is 0 Å². The number of aromatic hydroxyl groups is 1. The molecule has 3 nitrogen and oxygen atoms in total. The molecule has 0 amide bonds. The highest BCUT2D eigenvalue weighted by molar-refractivity contribution is 5.76. The zero-order valence-electron chi connectivity index (χ0n) is 9.23. The van der Waals surface area contributed by atoms with Crippen molar-refractivity contribution in [3.63, 3.8) is 0 Å². The maximum absolute atomic E-state index is 10.2. The highest BCUT2D eigenvalue weighted by Crippen LogP contribution is 2.25. The first-order chi connectivity index (χ1) is 7.19. The van der Waals surface area contributed by atoms with Crippen LogP contribution in [0.4, 0.5) is 0 Å². The van der Waals surface area contributed by atoms with Crippen molar-refractivity contribution in [3.8, 4) is 11.5 Å². The molecule has 82 valence electrons. The summed E-state index contributed by atoms with van der Waals surface area (Å²) in [5, 5.41) is 9.14. The molecule has 0 aliphatic rings. The first-order valence-corrected chi connectivity index (χ1v) is 4.59. The highest BCUT2D eigenvalue weighted by atomic mass is 16.5. The van der Waals surface area contributed by atoms with E-state index in [-0.39, 0.29) is 5.75 Å². The quantitative estimate of drug-likeness (QED) is 0.600. The Morgan fingerprint density at radius 1 is 1.27 bits per heavy atom. The van der Waals surface area contributed by atoms with E-state index in [1.54, 1.807) is 12.1 Å². The van der Waals surface area contributed by atoms with Crippen molar-refractivity contribution < 1.29 is 14.6 Å². The molecule has 3 heteroatoms. The topological polar surface area (TPSA) is 46.5 Å². The van der Waals surface area contributed by atoms with Gasteiger partial charge in [0.1, 0.15) is 6.29 Å². The summed E-state index contributed by atoms with van der Waals surface area (Å²) in [6.07, 6.45) is 4.67. The zero-order valence-corrected chi connectivity index (χ0v) is 9.23. The fraction of sp³-hybridized carbons (Fsp3) is 0.250. The molecule has 0 fully saturated rings. The molecule has 1 aromatic rings. The van der Waals surface area contributed by atoms with Crippen LogP contribution in [0.3, 0.4) is 0 Å². The van der Waals surface area contributed by atoms with Crippen molar-refractivity contribution >= 4 is 6.29 Å². The molecule has 0 aliphatic heterocycles. The van der Waals surface area contributed by atoms with Gasteiger partial charge >= 0.3 is 0 Å². The van der Waals surface area contributed by atoms with Gasteiger partial charge in [-0.25, -0.2) is 0 Å². The van der Waals surface area contributed by atoms with Crippen LogP contribution in [0.25, 0.3) is 0 Å². The molecular weight excluding hydrogens is 192 g/mol. The van der Waals surface area contributed by atoms with Crippen molar-refractivity contribution in [2.24, 2.45) is 0 Å². The van der Waals surface area contributed by atoms with Crippen LogP contribution >= 0.6 is 0 Å². The van der Waals surface area contributed by atoms with E-state index in [0.717, 1.165) is 0 Å². The molecular formula is C12H16O3. The number of aldehydes is 1. The number of methoxy groups -OCH3 is 1. The molecule has 0 bridgehead atoms. The van der Waals surface area contributed by atoms with Gasteiger partial charge in [-0.05, 0) is 32.0 Å². The van der Waals surface area contributed by atoms with Crippen LogP contribution in [0.1, 0.15) is 24.2 Å². The predicted molar refractivity (Wildman–Crippen MR) is 60.5 cm³/mol. The predicted octanol–water partition coefficient (Wildman–Crippen LogP) is 2.80. The second-order valence-electron chi connectivity index (χ2n) is 2.72. The molecule has 1 aromatic carbocycles. The molecule has 0 aromatic heterocycles. The number of phenolic OH excluding ortho intramolecular Hbond substituents is 1. The highest BCUT2D eigenvalue weighted by Gasteiger charge is 2.00. The largest absolute Gasteiger partial charge is 0.504 e. The molecule has 0 radical (unpaired) electrons. The van der Waals surface area contributed by atoms with Crippen molar-refractivity contribution in [3.05, 3.63) is 35.9 Å². The summed E-state index contributed by atoms with van der Waals surface area (Å²) in [6.45, 7) is 4.00. The number of phenols is 1. The van der Waals surface area contributed by atoms with Gasteiger partial charge in [0.2, 0.25) is 0 Å². The van der Waals surface area contributed by atoms with Gasteiger partial charge in [0, 0.05) is 5.56 Å². The normalized spacial score (nSPS) is 9.27. The first kappa shape index (κ1) is 13.2. The lowest BCUT2D eigenvalue weighted by Gasteiger charge is -2.01. The van der Waals surface area contributed by atoms with E-state index in [1.807, 2.05) is 26.0 Å². The van der Waals surface area contributed by atoms with Crippen LogP contribution in [0.5, 0.6) is 11.5 Å². The Labute approximate surface area is 90.0 Å². The van der Waals surface area contributed by atoms with Crippen LogP contribution in [0.15, 0.2) is 30.4 Å². The minimum absolute atomic E-state index is 0.0166. The van der Waals surface area contributed by atoms with Gasteiger partial charge in [-0.3, -0.25) is 4.79 Å². The molecule has 0 spiro atoms. The van der Waals surface area contributed by atoms with Crippen LogP contribution in [-0.4, -0.2) is 18.5 Å². The monoisotopic (exact) mass is 208 g/mol. The average molecular weight is 208 g/mol. The Balaban J connectivity index is 0.000000423. The van der Waals surface area contributed by atoms with E-state index in [4.69, 9.17) is 9.84 Å². The molecule has 0 saturated heterocycles. The van der Waals surface area contributed by atoms with Crippen molar-refractivity contribution in [1.82, 2.24) is 0 Å². The lowest BCUT2D eigenvalue weighted by molar-refractivity contribution is 0.112. The van der Waals surface area contributed by atoms with Gasteiger partial charge in [0.15, 0.2) is 11.5 Å². The number of carbonyl (C=O) groups is 1. The van der Waals surface area contributed by atoms with E-state index in [2.05, 4.69) is 0 Å². The first-order valence-electron chi connectivity index (χ1n) is 4.59. The molecule has 0 saturated carbocycles. The molecule has 15 heavy (non-hydrogen) atoms. The summed E-state index contributed by atoms with van der Waals surface area (Å²) in [4.78, 5) is 10.2. The Morgan fingerprint density at radius 3 is 2.20 bits per heavy atom. The van der Waals surface area contributed by atoms with E-state index < -0.39 is 0 Å². The molecule has 1 N–H and O–H groups in total. The van der Waals surface area contributed by atoms with Crippen LogP contribution < -0.4 is 4.74 Å². The summed E-state index contributed by atoms with van der Waals surface area (Å²) < 4.78 is 4.78. The van der Waals surface area contributed by atoms with E-state index >= 15 is 0 Å². The summed E-state index contributed by atoms with van der Waals surface area (Å²) in [6, 6.07) is 4.47. The third kappa shape index (κ3) is 4.86. The zero-order chi connectivity index (χ0) is 11.7. The van der Waals surface area contributed by atoms with Gasteiger partial charge in [-0.1, -0.05) is 12.2 Å². The summed E-state index contributed by atoms with van der Waals surface area (Å²) >= 11 is 0. The van der Waals surface area contributed by atoms with Crippen LogP contribution in [0, 0.1) is 0 Å². The van der Waals surface area contributed by atoms with E-state index in [9.17, 15) is 4.79 Å². The van der Waals surface area contributed by atoms with Gasteiger partial charge in [-0.15, -0.1) is 0 Å². The lowest BCUT2D eigenvalue weighted by atomic mass is 10.2. The average Bonchev–Trinajstić information content (AvgIpc) is 2.29. The third-order valence-corrected chi connectivity index (χ3v) is 1.67. The summed E-state index contributed by atoms with van der Waals surface area (Å²) in [5.41, 5.74) is 0.434. The summed E-state index contributed by atoms with van der Waals surface area (Å²) in [5.74, 6) is 0.354. The summed E-state index contributed by atoms with van der Waals surface area (Å²) in [7, 11) is 1.45. The van der Waals surface area contributed by atoms with Crippen LogP contribution in [-0.2, 0) is 0 Å². The maximum atomic E-state index is 10.2. The van der Waals surface area contributed by atoms with E-state index in [1.165, 1.54) is 13.2 Å². The molecule has 0 atom stereocenters. The number of hydrogen-bond donors (Lipinski definition) is 1. The smallest absolute Gasteiger partial charge is 0.160 e. The number of ether oxygens (including phenoxy) is 1. The minimum Gasteiger partial charge on any atom is -0.504 e.